The van der Waals surface area contributed by atoms with Gasteiger partial charge in [-0.25, -0.2) is 4.79 Å². The molecular formula is C12H18O3. The van der Waals surface area contributed by atoms with Crippen LogP contribution in [0, 0.1) is 0 Å². The van der Waals surface area contributed by atoms with Crippen molar-refractivity contribution in [2.24, 2.45) is 0 Å². The summed E-state index contributed by atoms with van der Waals surface area (Å²) in [5, 5.41) is 0. The number of hydrogen-bond donors (Lipinski definition) is 0. The number of ketones is 1. The van der Waals surface area contributed by atoms with Crippen LogP contribution in [0.5, 0.6) is 0 Å². The van der Waals surface area contributed by atoms with Crippen LogP contribution >= 0.6 is 0 Å². The number of esters is 1. The Morgan fingerprint density at radius 3 is 2.53 bits per heavy atom. The molecule has 3 heteroatoms. The number of Topliss-reactive ketones (excluding diaryl/α,β-unsaturated/α-hetero) is 1. The lowest BCUT2D eigenvalue weighted by atomic mass is 10.1. The van der Waals surface area contributed by atoms with Gasteiger partial charge < -0.3 is 9.53 Å². The Labute approximate surface area is 90.8 Å². The summed E-state index contributed by atoms with van der Waals surface area (Å²) in [6.07, 6.45) is 5.21. The van der Waals surface area contributed by atoms with Gasteiger partial charge in [0.05, 0.1) is 0 Å². The van der Waals surface area contributed by atoms with Crippen LogP contribution in [-0.2, 0) is 14.3 Å². The highest BCUT2D eigenvalue weighted by Gasteiger charge is 2.10. The maximum atomic E-state index is 11.0. The fraction of sp³-hybridized carbons (Fsp3) is 0.500. The van der Waals surface area contributed by atoms with Crippen LogP contribution in [-0.4, -0.2) is 17.9 Å². The van der Waals surface area contributed by atoms with E-state index in [1.807, 2.05) is 0 Å². The third-order valence-corrected chi connectivity index (χ3v) is 1.93. The smallest absolute Gasteiger partial charge is 0.330 e. The standard InChI is InChI=1S/C12H18O3/c1-4-7-11(15-12(14)5-2)9-6-8-10(3)13/h4-5,11H,1-2,6-9H2,3H3/t11-/m0/s1. The van der Waals surface area contributed by atoms with Crippen molar-refractivity contribution < 1.29 is 14.3 Å². The Bertz CT molecular complexity index is 243. The Balaban J connectivity index is 3.92. The lowest BCUT2D eigenvalue weighted by molar-refractivity contribution is -0.143. The minimum atomic E-state index is -0.426. The highest BCUT2D eigenvalue weighted by atomic mass is 16.5. The second-order valence-electron chi connectivity index (χ2n) is 3.38. The zero-order valence-electron chi connectivity index (χ0n) is 9.20. The first kappa shape index (κ1) is 13.6. The largest absolute Gasteiger partial charge is 0.459 e. The highest BCUT2D eigenvalue weighted by molar-refractivity contribution is 5.81. The molecule has 0 unspecified atom stereocenters. The van der Waals surface area contributed by atoms with Crippen molar-refractivity contribution >= 4 is 11.8 Å². The van der Waals surface area contributed by atoms with Crippen molar-refractivity contribution in [3.05, 3.63) is 25.3 Å². The molecule has 0 heterocycles. The minimum Gasteiger partial charge on any atom is -0.459 e. The maximum Gasteiger partial charge on any atom is 0.330 e. The SMILES string of the molecule is C=CC[C@@H](CCCC(C)=O)OC(=O)C=C. The molecule has 0 fully saturated rings. The van der Waals surface area contributed by atoms with E-state index in [0.29, 0.717) is 19.3 Å². The fourth-order valence-electron chi connectivity index (χ4n) is 1.20. The number of carbonyl (C=O) groups is 2. The molecule has 0 bridgehead atoms. The zero-order chi connectivity index (χ0) is 11.7. The quantitative estimate of drug-likeness (QED) is 0.351. The summed E-state index contributed by atoms with van der Waals surface area (Å²) >= 11 is 0. The first-order valence-corrected chi connectivity index (χ1v) is 5.03. The Morgan fingerprint density at radius 1 is 1.40 bits per heavy atom. The molecule has 3 nitrogen and oxygen atoms in total. The number of hydrogen-bond acceptors (Lipinski definition) is 3. The minimum absolute atomic E-state index is 0.155. The third kappa shape index (κ3) is 7.67. The van der Waals surface area contributed by atoms with E-state index >= 15 is 0 Å². The van der Waals surface area contributed by atoms with Crippen LogP contribution in [0.15, 0.2) is 25.3 Å². The Kier molecular flexibility index (Phi) is 7.24. The molecule has 0 aromatic rings. The zero-order valence-corrected chi connectivity index (χ0v) is 9.20. The van der Waals surface area contributed by atoms with Gasteiger partial charge in [0.25, 0.3) is 0 Å². The molecule has 0 aliphatic carbocycles. The molecule has 15 heavy (non-hydrogen) atoms. The van der Waals surface area contributed by atoms with Crippen LogP contribution in [0.2, 0.25) is 0 Å². The van der Waals surface area contributed by atoms with Gasteiger partial charge >= 0.3 is 5.97 Å². The van der Waals surface area contributed by atoms with Crippen LogP contribution < -0.4 is 0 Å². The summed E-state index contributed by atoms with van der Waals surface area (Å²) in [5.41, 5.74) is 0. The van der Waals surface area contributed by atoms with Crippen molar-refractivity contribution in [2.75, 3.05) is 0 Å². The van der Waals surface area contributed by atoms with Gasteiger partial charge in [0.1, 0.15) is 11.9 Å². The van der Waals surface area contributed by atoms with E-state index in [1.54, 1.807) is 13.0 Å². The fourth-order valence-corrected chi connectivity index (χ4v) is 1.20. The molecule has 0 N–H and O–H groups in total. The monoisotopic (exact) mass is 210 g/mol. The van der Waals surface area contributed by atoms with Gasteiger partial charge in [0, 0.05) is 18.9 Å². The lowest BCUT2D eigenvalue weighted by Crippen LogP contribution is -2.16. The first-order valence-electron chi connectivity index (χ1n) is 5.03. The Morgan fingerprint density at radius 2 is 2.07 bits per heavy atom. The molecular weight excluding hydrogens is 192 g/mol. The van der Waals surface area contributed by atoms with Crippen molar-refractivity contribution in [3.63, 3.8) is 0 Å². The summed E-state index contributed by atoms with van der Waals surface area (Å²) in [4.78, 5) is 21.7. The third-order valence-electron chi connectivity index (χ3n) is 1.93. The van der Waals surface area contributed by atoms with Crippen molar-refractivity contribution in [2.45, 2.75) is 38.7 Å². The number of ether oxygens (including phenoxy) is 1. The van der Waals surface area contributed by atoms with Crippen molar-refractivity contribution in [3.8, 4) is 0 Å². The molecule has 0 aromatic heterocycles. The number of carbonyl (C=O) groups excluding carboxylic acids is 2. The molecule has 0 spiro atoms. The topological polar surface area (TPSA) is 43.4 Å². The highest BCUT2D eigenvalue weighted by Crippen LogP contribution is 2.10. The van der Waals surface area contributed by atoms with E-state index in [1.165, 1.54) is 0 Å². The molecule has 1 atom stereocenters. The summed E-state index contributed by atoms with van der Waals surface area (Å²) in [6.45, 7) is 8.47. The normalized spacial score (nSPS) is 11.5. The van der Waals surface area contributed by atoms with Gasteiger partial charge in [-0.2, -0.15) is 0 Å². The molecule has 0 rings (SSSR count). The van der Waals surface area contributed by atoms with Crippen molar-refractivity contribution in [1.82, 2.24) is 0 Å². The van der Waals surface area contributed by atoms with Gasteiger partial charge in [-0.15, -0.1) is 6.58 Å². The molecule has 0 amide bonds. The summed E-state index contributed by atoms with van der Waals surface area (Å²) < 4.78 is 5.08. The van der Waals surface area contributed by atoms with Crippen LogP contribution in [0.3, 0.4) is 0 Å². The van der Waals surface area contributed by atoms with E-state index in [4.69, 9.17) is 4.74 Å². The number of rotatable bonds is 8. The molecule has 0 radical (unpaired) electrons. The van der Waals surface area contributed by atoms with E-state index in [-0.39, 0.29) is 11.9 Å². The average Bonchev–Trinajstić information content (AvgIpc) is 2.17. The predicted molar refractivity (Wildman–Crippen MR) is 59.4 cm³/mol. The van der Waals surface area contributed by atoms with Crippen LogP contribution in [0.1, 0.15) is 32.6 Å². The maximum absolute atomic E-state index is 11.0. The molecule has 0 aliphatic heterocycles. The van der Waals surface area contributed by atoms with Gasteiger partial charge in [-0.05, 0) is 19.8 Å². The lowest BCUT2D eigenvalue weighted by Gasteiger charge is -2.14. The predicted octanol–water partition coefficient (Wildman–Crippen LogP) is 2.42. The summed E-state index contributed by atoms with van der Waals surface area (Å²) in [7, 11) is 0. The van der Waals surface area contributed by atoms with E-state index in [2.05, 4.69) is 13.2 Å². The van der Waals surface area contributed by atoms with Gasteiger partial charge in [-0.1, -0.05) is 12.7 Å². The molecule has 0 aromatic carbocycles. The molecule has 0 aliphatic rings. The summed E-state index contributed by atoms with van der Waals surface area (Å²) in [6, 6.07) is 0. The average molecular weight is 210 g/mol. The van der Waals surface area contributed by atoms with Gasteiger partial charge in [0.2, 0.25) is 0 Å². The first-order chi connectivity index (χ1) is 7.10. The van der Waals surface area contributed by atoms with E-state index in [9.17, 15) is 9.59 Å². The summed E-state index contributed by atoms with van der Waals surface area (Å²) in [5.74, 6) is -0.271. The van der Waals surface area contributed by atoms with E-state index in [0.717, 1.165) is 12.5 Å². The van der Waals surface area contributed by atoms with Crippen LogP contribution in [0.4, 0.5) is 0 Å². The second-order valence-corrected chi connectivity index (χ2v) is 3.38. The molecule has 0 saturated heterocycles. The second kappa shape index (κ2) is 7.97. The van der Waals surface area contributed by atoms with E-state index < -0.39 is 5.97 Å². The molecule has 0 saturated carbocycles. The van der Waals surface area contributed by atoms with Gasteiger partial charge in [-0.3, -0.25) is 0 Å². The van der Waals surface area contributed by atoms with Crippen LogP contribution in [0.25, 0.3) is 0 Å². The van der Waals surface area contributed by atoms with Gasteiger partial charge in [0.15, 0.2) is 0 Å². The van der Waals surface area contributed by atoms with Crippen molar-refractivity contribution in [1.29, 1.82) is 0 Å². The Hall–Kier alpha value is -1.38. The molecule has 84 valence electrons.